The summed E-state index contributed by atoms with van der Waals surface area (Å²) in [7, 11) is -2.20. The molecule has 0 aromatic rings. The van der Waals surface area contributed by atoms with Crippen LogP contribution in [0.25, 0.3) is 0 Å². The molecule has 0 saturated heterocycles. The number of hydrogen-bond acceptors (Lipinski definition) is 7. The largest absolute Gasteiger partial charge is 0.463 e. The van der Waals surface area contributed by atoms with Crippen LogP contribution in [0.5, 0.6) is 0 Å². The molecule has 0 saturated carbocycles. The fourth-order valence-corrected chi connectivity index (χ4v) is 2.89. The van der Waals surface area contributed by atoms with E-state index in [9.17, 15) is 18.0 Å². The molecule has 0 aliphatic rings. The minimum absolute atomic E-state index is 0.110. The number of ether oxygens (including phenoxy) is 2. The number of carbonyl (C=O) groups is 2. The van der Waals surface area contributed by atoms with Gasteiger partial charge < -0.3 is 14.4 Å². The molecule has 1 N–H and O–H groups in total. The maximum atomic E-state index is 11.5. The summed E-state index contributed by atoms with van der Waals surface area (Å²) in [6.45, 7) is 3.49. The molecule has 0 unspecified atom stereocenters. The molecule has 0 radical (unpaired) electrons. The molecular weight excluding hydrogens is 386 g/mol. The van der Waals surface area contributed by atoms with Gasteiger partial charge in [-0.1, -0.05) is 45.4 Å². The van der Waals surface area contributed by atoms with Crippen LogP contribution in [0.3, 0.4) is 0 Å². The molecule has 0 spiro atoms. The molecule has 9 heteroatoms. The van der Waals surface area contributed by atoms with E-state index in [1.54, 1.807) is 11.9 Å². The minimum Gasteiger partial charge on any atom is -0.463 e. The molecule has 164 valence electrons. The molecule has 28 heavy (non-hydrogen) atoms. The molecule has 0 rings (SSSR count). The van der Waals surface area contributed by atoms with E-state index in [-0.39, 0.29) is 18.8 Å². The fourth-order valence-electron chi connectivity index (χ4n) is 2.39. The van der Waals surface area contributed by atoms with E-state index in [4.69, 9.17) is 14.0 Å². The summed E-state index contributed by atoms with van der Waals surface area (Å²) in [5, 5.41) is 0. The van der Waals surface area contributed by atoms with Crippen molar-refractivity contribution in [2.75, 3.05) is 39.1 Å². The number of hydrogen-bond donors (Lipinski definition) is 1. The highest BCUT2D eigenvalue weighted by molar-refractivity contribution is 7.85. The van der Waals surface area contributed by atoms with Crippen molar-refractivity contribution in [3.63, 3.8) is 0 Å². The lowest BCUT2D eigenvalue weighted by molar-refractivity contribution is -0.140. The van der Waals surface area contributed by atoms with E-state index >= 15 is 0 Å². The summed E-state index contributed by atoms with van der Waals surface area (Å²) in [6.07, 6.45) is 10.3. The lowest BCUT2D eigenvalue weighted by Gasteiger charge is -2.15. The second-order valence-corrected chi connectivity index (χ2v) is 8.30. The van der Waals surface area contributed by atoms with Crippen molar-refractivity contribution in [3.8, 4) is 0 Å². The summed E-state index contributed by atoms with van der Waals surface area (Å²) in [5.74, 6) is -1.51. The van der Waals surface area contributed by atoms with Crippen LogP contribution in [0.4, 0.5) is 0 Å². The molecule has 8 nitrogen and oxygen atoms in total. The van der Waals surface area contributed by atoms with Crippen LogP contribution in [0, 0.1) is 0 Å². The van der Waals surface area contributed by atoms with Crippen molar-refractivity contribution in [1.82, 2.24) is 4.90 Å². The van der Waals surface area contributed by atoms with Crippen LogP contribution in [0.2, 0.25) is 0 Å². The zero-order chi connectivity index (χ0) is 21.3. The van der Waals surface area contributed by atoms with Crippen molar-refractivity contribution < 1.29 is 32.0 Å². The summed E-state index contributed by atoms with van der Waals surface area (Å²) < 4.78 is 39.8. The summed E-state index contributed by atoms with van der Waals surface area (Å²) in [5.41, 5.74) is 0. The van der Waals surface area contributed by atoms with E-state index in [1.807, 2.05) is 0 Å². The topological polar surface area (TPSA) is 110 Å². The van der Waals surface area contributed by atoms with Gasteiger partial charge in [0.2, 0.25) is 0 Å². The Hall–Kier alpha value is -1.45. The van der Waals surface area contributed by atoms with Gasteiger partial charge in [0.05, 0.1) is 12.4 Å². The molecule has 0 aliphatic carbocycles. The Morgan fingerprint density at radius 2 is 1.39 bits per heavy atom. The molecule has 0 aliphatic heterocycles. The number of rotatable bonds is 17. The Bertz CT molecular complexity index is 561. The third-order valence-corrected chi connectivity index (χ3v) is 4.81. The third-order valence-electron chi connectivity index (χ3n) is 4.01. The summed E-state index contributed by atoms with van der Waals surface area (Å²) in [4.78, 5) is 24.8. The van der Waals surface area contributed by atoms with Gasteiger partial charge in [-0.3, -0.25) is 4.55 Å². The second-order valence-electron chi connectivity index (χ2n) is 6.73. The Kier molecular flexibility index (Phi) is 15.6. The SMILES string of the molecule is CCCCCCCCCOC(=O)/C=C\C(=O)OCCN(C)CCCS(=O)(=O)O. The average Bonchev–Trinajstić information content (AvgIpc) is 2.61. The fraction of sp³-hybridized carbons (Fsp3) is 0.789. The van der Waals surface area contributed by atoms with Crippen LogP contribution in [0.1, 0.15) is 58.3 Å². The number of nitrogens with zero attached hydrogens (tertiary/aromatic N) is 1. The molecule has 0 aromatic heterocycles. The molecule has 0 bridgehead atoms. The van der Waals surface area contributed by atoms with Crippen molar-refractivity contribution in [2.24, 2.45) is 0 Å². The first kappa shape index (κ1) is 26.6. The number of carbonyl (C=O) groups excluding carboxylic acids is 2. The zero-order valence-corrected chi connectivity index (χ0v) is 17.9. The lowest BCUT2D eigenvalue weighted by atomic mass is 10.1. The highest BCUT2D eigenvalue weighted by atomic mass is 32.2. The molecule has 0 atom stereocenters. The van der Waals surface area contributed by atoms with E-state index in [1.165, 1.54) is 25.7 Å². The van der Waals surface area contributed by atoms with E-state index in [0.29, 0.717) is 19.7 Å². The van der Waals surface area contributed by atoms with Gasteiger partial charge in [0.15, 0.2) is 0 Å². The number of likely N-dealkylation sites (N-methyl/N-ethyl adjacent to an activating group) is 1. The lowest BCUT2D eigenvalue weighted by Crippen LogP contribution is -2.26. The molecule has 0 amide bonds. The predicted molar refractivity (Wildman–Crippen MR) is 108 cm³/mol. The van der Waals surface area contributed by atoms with Gasteiger partial charge in [0, 0.05) is 18.7 Å². The Morgan fingerprint density at radius 3 is 1.96 bits per heavy atom. The first-order valence-electron chi connectivity index (χ1n) is 9.90. The van der Waals surface area contributed by atoms with E-state index < -0.39 is 22.1 Å². The van der Waals surface area contributed by atoms with Gasteiger partial charge in [-0.05, 0) is 26.4 Å². The van der Waals surface area contributed by atoms with Crippen LogP contribution in [-0.2, 0) is 29.2 Å². The maximum Gasteiger partial charge on any atom is 0.331 e. The van der Waals surface area contributed by atoms with Crippen molar-refractivity contribution >= 4 is 22.1 Å². The Balaban J connectivity index is 3.68. The third kappa shape index (κ3) is 19.3. The quantitative estimate of drug-likeness (QED) is 0.165. The van der Waals surface area contributed by atoms with Crippen molar-refractivity contribution in [1.29, 1.82) is 0 Å². The van der Waals surface area contributed by atoms with Gasteiger partial charge in [-0.25, -0.2) is 9.59 Å². The average molecular weight is 422 g/mol. The Labute approximate surface area is 169 Å². The summed E-state index contributed by atoms with van der Waals surface area (Å²) in [6, 6.07) is 0. The van der Waals surface area contributed by atoms with Gasteiger partial charge in [-0.2, -0.15) is 8.42 Å². The number of esters is 2. The predicted octanol–water partition coefficient (Wildman–Crippen LogP) is 2.59. The van der Waals surface area contributed by atoms with Gasteiger partial charge in [0.1, 0.15) is 6.61 Å². The van der Waals surface area contributed by atoms with Gasteiger partial charge >= 0.3 is 11.9 Å². The summed E-state index contributed by atoms with van der Waals surface area (Å²) >= 11 is 0. The zero-order valence-electron chi connectivity index (χ0n) is 17.1. The minimum atomic E-state index is -3.95. The second kappa shape index (κ2) is 16.5. The normalized spacial score (nSPS) is 11.9. The first-order valence-corrected chi connectivity index (χ1v) is 11.5. The van der Waals surface area contributed by atoms with Gasteiger partial charge in [0.25, 0.3) is 10.1 Å². The van der Waals surface area contributed by atoms with Crippen molar-refractivity contribution in [3.05, 3.63) is 12.2 Å². The van der Waals surface area contributed by atoms with E-state index in [0.717, 1.165) is 31.4 Å². The van der Waals surface area contributed by atoms with Crippen molar-refractivity contribution in [2.45, 2.75) is 58.3 Å². The van der Waals surface area contributed by atoms with E-state index in [2.05, 4.69) is 6.92 Å². The van der Waals surface area contributed by atoms with Crippen LogP contribution >= 0.6 is 0 Å². The number of unbranched alkanes of at least 4 members (excludes halogenated alkanes) is 6. The van der Waals surface area contributed by atoms with Gasteiger partial charge in [-0.15, -0.1) is 0 Å². The highest BCUT2D eigenvalue weighted by Crippen LogP contribution is 2.06. The molecular formula is C19H35NO7S. The Morgan fingerprint density at radius 1 is 0.857 bits per heavy atom. The standard InChI is InChI=1S/C19H35NO7S/c1-3-4-5-6-7-8-9-15-26-18(21)11-12-19(22)27-16-14-20(2)13-10-17-28(23,24)25/h11-12H,3-10,13-17H2,1-2H3,(H,23,24,25)/b12-11-. The molecule has 0 fully saturated rings. The maximum absolute atomic E-state index is 11.5. The molecule has 0 heterocycles. The monoisotopic (exact) mass is 421 g/mol. The highest BCUT2D eigenvalue weighted by Gasteiger charge is 2.07. The smallest absolute Gasteiger partial charge is 0.331 e. The van der Waals surface area contributed by atoms with Crippen LogP contribution in [-0.4, -0.2) is 68.9 Å². The van der Waals surface area contributed by atoms with Crippen LogP contribution < -0.4 is 0 Å². The van der Waals surface area contributed by atoms with Crippen LogP contribution in [0.15, 0.2) is 12.2 Å². The first-order chi connectivity index (χ1) is 13.2. The molecule has 0 aromatic carbocycles.